The third kappa shape index (κ3) is 2.14. The van der Waals surface area contributed by atoms with Crippen LogP contribution in [0.1, 0.15) is 27.0 Å². The first kappa shape index (κ1) is 12.0. The SMILES string of the molecule is Cc1cc(C(=O)O)c(C#N)c(C(F)(F)F)c1. The Kier molecular flexibility index (Phi) is 2.90. The van der Waals surface area contributed by atoms with Crippen molar-refractivity contribution in [2.75, 3.05) is 0 Å². The lowest BCUT2D eigenvalue weighted by Crippen LogP contribution is -2.12. The Labute approximate surface area is 88.7 Å². The third-order valence-corrected chi connectivity index (χ3v) is 1.93. The summed E-state index contributed by atoms with van der Waals surface area (Å²) < 4.78 is 37.5. The van der Waals surface area contributed by atoms with Gasteiger partial charge in [0.05, 0.1) is 16.7 Å². The fraction of sp³-hybridized carbons (Fsp3) is 0.200. The molecule has 0 radical (unpaired) electrons. The number of aryl methyl sites for hydroxylation is 1. The largest absolute Gasteiger partial charge is 0.478 e. The first-order valence-corrected chi connectivity index (χ1v) is 4.12. The summed E-state index contributed by atoms with van der Waals surface area (Å²) >= 11 is 0. The molecule has 0 spiro atoms. The van der Waals surface area contributed by atoms with Crippen molar-refractivity contribution in [3.8, 4) is 6.07 Å². The molecule has 1 aromatic rings. The van der Waals surface area contributed by atoms with Gasteiger partial charge in [-0.15, -0.1) is 0 Å². The molecule has 0 aliphatic carbocycles. The molecule has 0 aliphatic heterocycles. The zero-order valence-corrected chi connectivity index (χ0v) is 8.09. The highest BCUT2D eigenvalue weighted by Gasteiger charge is 2.35. The number of rotatable bonds is 1. The molecule has 0 bridgehead atoms. The standard InChI is InChI=1S/C10H6F3NO2/c1-5-2-6(9(15)16)7(4-14)8(3-5)10(11,12)13/h2-3H,1H3,(H,15,16). The number of alkyl halides is 3. The van der Waals surface area contributed by atoms with Gasteiger partial charge in [-0.1, -0.05) is 0 Å². The zero-order chi connectivity index (χ0) is 12.5. The predicted molar refractivity (Wildman–Crippen MR) is 47.9 cm³/mol. The van der Waals surface area contributed by atoms with Gasteiger partial charge in [-0.3, -0.25) is 0 Å². The molecule has 0 amide bonds. The number of benzene rings is 1. The van der Waals surface area contributed by atoms with Gasteiger partial charge in [0.15, 0.2) is 0 Å². The van der Waals surface area contributed by atoms with Gasteiger partial charge in [-0.05, 0) is 24.6 Å². The number of hydrogen-bond donors (Lipinski definition) is 1. The summed E-state index contributed by atoms with van der Waals surface area (Å²) in [6.45, 7) is 1.34. The summed E-state index contributed by atoms with van der Waals surface area (Å²) in [5, 5.41) is 17.3. The van der Waals surface area contributed by atoms with E-state index < -0.39 is 28.8 Å². The first-order valence-electron chi connectivity index (χ1n) is 4.12. The highest BCUT2D eigenvalue weighted by atomic mass is 19.4. The number of nitrogens with zero attached hydrogens (tertiary/aromatic N) is 1. The minimum Gasteiger partial charge on any atom is -0.478 e. The van der Waals surface area contributed by atoms with Crippen molar-refractivity contribution < 1.29 is 23.1 Å². The Hall–Kier alpha value is -2.03. The molecule has 0 aromatic heterocycles. The van der Waals surface area contributed by atoms with Crippen LogP contribution in [0.15, 0.2) is 12.1 Å². The molecule has 0 saturated carbocycles. The van der Waals surface area contributed by atoms with Crippen LogP contribution in [0.2, 0.25) is 0 Å². The van der Waals surface area contributed by atoms with Crippen LogP contribution in [0.4, 0.5) is 13.2 Å². The van der Waals surface area contributed by atoms with Gasteiger partial charge in [0.2, 0.25) is 0 Å². The fourth-order valence-electron chi connectivity index (χ4n) is 1.30. The minimum absolute atomic E-state index is 0.142. The van der Waals surface area contributed by atoms with Crippen molar-refractivity contribution in [1.29, 1.82) is 5.26 Å². The average Bonchev–Trinajstić information content (AvgIpc) is 2.14. The quantitative estimate of drug-likeness (QED) is 0.804. The van der Waals surface area contributed by atoms with Crippen LogP contribution in [-0.4, -0.2) is 11.1 Å². The number of carboxylic acid groups (broad SMARTS) is 1. The molecule has 3 nitrogen and oxygen atoms in total. The van der Waals surface area contributed by atoms with Gasteiger partial charge in [0.1, 0.15) is 6.07 Å². The summed E-state index contributed by atoms with van der Waals surface area (Å²) in [7, 11) is 0. The number of carboxylic acids is 1. The topological polar surface area (TPSA) is 61.1 Å². The van der Waals surface area contributed by atoms with Gasteiger partial charge in [0, 0.05) is 0 Å². The summed E-state index contributed by atoms with van der Waals surface area (Å²) in [6, 6.07) is 3.07. The van der Waals surface area contributed by atoms with Gasteiger partial charge in [0.25, 0.3) is 0 Å². The molecule has 16 heavy (non-hydrogen) atoms. The molecule has 1 aromatic carbocycles. The summed E-state index contributed by atoms with van der Waals surface area (Å²) in [6.07, 6.45) is -4.73. The Morgan fingerprint density at radius 1 is 1.44 bits per heavy atom. The van der Waals surface area contributed by atoms with Crippen molar-refractivity contribution in [3.63, 3.8) is 0 Å². The lowest BCUT2D eigenvalue weighted by Gasteiger charge is -2.11. The van der Waals surface area contributed by atoms with E-state index in [0.29, 0.717) is 0 Å². The van der Waals surface area contributed by atoms with E-state index in [1.54, 1.807) is 0 Å². The van der Waals surface area contributed by atoms with Gasteiger partial charge in [-0.25, -0.2) is 4.79 Å². The van der Waals surface area contributed by atoms with Crippen LogP contribution in [-0.2, 0) is 6.18 Å². The van der Waals surface area contributed by atoms with Crippen LogP contribution in [0.5, 0.6) is 0 Å². The minimum atomic E-state index is -4.73. The maximum Gasteiger partial charge on any atom is 0.417 e. The smallest absolute Gasteiger partial charge is 0.417 e. The van der Waals surface area contributed by atoms with Crippen LogP contribution < -0.4 is 0 Å². The molecule has 1 rings (SSSR count). The van der Waals surface area contributed by atoms with Crippen molar-refractivity contribution in [2.24, 2.45) is 0 Å². The van der Waals surface area contributed by atoms with Gasteiger partial charge < -0.3 is 5.11 Å². The van der Waals surface area contributed by atoms with Gasteiger partial charge in [-0.2, -0.15) is 18.4 Å². The van der Waals surface area contributed by atoms with E-state index in [4.69, 9.17) is 10.4 Å². The van der Waals surface area contributed by atoms with Crippen molar-refractivity contribution in [3.05, 3.63) is 34.4 Å². The monoisotopic (exact) mass is 229 g/mol. The lowest BCUT2D eigenvalue weighted by molar-refractivity contribution is -0.137. The number of halogens is 3. The molecule has 0 aliphatic rings. The van der Waals surface area contributed by atoms with Crippen LogP contribution in [0.25, 0.3) is 0 Å². The highest BCUT2D eigenvalue weighted by molar-refractivity contribution is 5.91. The van der Waals surface area contributed by atoms with Crippen LogP contribution in [0, 0.1) is 18.3 Å². The highest BCUT2D eigenvalue weighted by Crippen LogP contribution is 2.34. The van der Waals surface area contributed by atoms with Crippen LogP contribution >= 0.6 is 0 Å². The van der Waals surface area contributed by atoms with E-state index in [0.717, 1.165) is 12.1 Å². The second kappa shape index (κ2) is 3.85. The van der Waals surface area contributed by atoms with E-state index in [9.17, 15) is 18.0 Å². The molecule has 0 saturated heterocycles. The summed E-state index contributed by atoms with van der Waals surface area (Å²) in [4.78, 5) is 10.7. The van der Waals surface area contributed by atoms with E-state index in [1.807, 2.05) is 0 Å². The van der Waals surface area contributed by atoms with Crippen LogP contribution in [0.3, 0.4) is 0 Å². The zero-order valence-electron chi connectivity index (χ0n) is 8.09. The molecular weight excluding hydrogens is 223 g/mol. The number of hydrogen-bond acceptors (Lipinski definition) is 2. The maximum atomic E-state index is 12.5. The molecule has 0 unspecified atom stereocenters. The third-order valence-electron chi connectivity index (χ3n) is 1.93. The molecule has 6 heteroatoms. The Morgan fingerprint density at radius 2 is 2.00 bits per heavy atom. The number of aromatic carboxylic acids is 1. The molecule has 1 N–H and O–H groups in total. The van der Waals surface area contributed by atoms with Crippen molar-refractivity contribution in [1.82, 2.24) is 0 Å². The first-order chi connectivity index (χ1) is 7.27. The second-order valence-electron chi connectivity index (χ2n) is 3.15. The maximum absolute atomic E-state index is 12.5. The predicted octanol–water partition coefficient (Wildman–Crippen LogP) is 2.58. The molecular formula is C10H6F3NO2. The number of nitriles is 1. The van der Waals surface area contributed by atoms with Crippen molar-refractivity contribution in [2.45, 2.75) is 13.1 Å². The fourth-order valence-corrected chi connectivity index (χ4v) is 1.30. The van der Waals surface area contributed by atoms with Crippen molar-refractivity contribution >= 4 is 5.97 Å². The van der Waals surface area contributed by atoms with E-state index >= 15 is 0 Å². The van der Waals surface area contributed by atoms with E-state index in [2.05, 4.69) is 0 Å². The molecule has 0 atom stereocenters. The molecule has 84 valence electrons. The summed E-state index contributed by atoms with van der Waals surface area (Å²) in [5.74, 6) is -1.55. The Morgan fingerprint density at radius 3 is 2.38 bits per heavy atom. The molecule has 0 fully saturated rings. The van der Waals surface area contributed by atoms with E-state index in [1.165, 1.54) is 13.0 Å². The molecule has 0 heterocycles. The normalized spacial score (nSPS) is 10.9. The Bertz CT molecular complexity index is 486. The lowest BCUT2D eigenvalue weighted by atomic mass is 9.98. The second-order valence-corrected chi connectivity index (χ2v) is 3.15. The average molecular weight is 229 g/mol. The van der Waals surface area contributed by atoms with E-state index in [-0.39, 0.29) is 5.56 Å². The Balaban J connectivity index is 3.63. The number of carbonyl (C=O) groups is 1. The summed E-state index contributed by atoms with van der Waals surface area (Å²) in [5.41, 5.74) is -2.56. The van der Waals surface area contributed by atoms with Gasteiger partial charge >= 0.3 is 12.1 Å².